The molecule has 1 rings (SSSR count). The standard InChI is InChI=1S/C9H11N3O3S/c1-6-4-7(12(14)15)2-3-8(6)16-5-9(13)11-10/h2-4H,5,10H2,1H3,(H,11,13). The van der Waals surface area contributed by atoms with Crippen molar-refractivity contribution in [3.8, 4) is 0 Å². The smallest absolute Gasteiger partial charge is 0.269 e. The average molecular weight is 241 g/mol. The topological polar surface area (TPSA) is 98.3 Å². The number of aryl methyl sites for hydroxylation is 1. The third-order valence-electron chi connectivity index (χ3n) is 1.89. The molecule has 1 aromatic carbocycles. The maximum absolute atomic E-state index is 10.9. The summed E-state index contributed by atoms with van der Waals surface area (Å²) in [5.74, 6) is 4.84. The highest BCUT2D eigenvalue weighted by Gasteiger charge is 2.09. The first kappa shape index (κ1) is 12.5. The highest BCUT2D eigenvalue weighted by molar-refractivity contribution is 8.00. The van der Waals surface area contributed by atoms with E-state index in [4.69, 9.17) is 5.84 Å². The molecule has 0 atom stereocenters. The zero-order chi connectivity index (χ0) is 12.1. The van der Waals surface area contributed by atoms with Gasteiger partial charge in [0.15, 0.2) is 0 Å². The van der Waals surface area contributed by atoms with Gasteiger partial charge in [-0.05, 0) is 18.6 Å². The van der Waals surface area contributed by atoms with Gasteiger partial charge in [0.1, 0.15) is 0 Å². The van der Waals surface area contributed by atoms with E-state index >= 15 is 0 Å². The third-order valence-corrected chi connectivity index (χ3v) is 3.06. The van der Waals surface area contributed by atoms with Crippen molar-refractivity contribution in [1.29, 1.82) is 0 Å². The van der Waals surface area contributed by atoms with Crippen LogP contribution in [-0.2, 0) is 4.79 Å². The summed E-state index contributed by atoms with van der Waals surface area (Å²) >= 11 is 1.29. The molecule has 0 saturated heterocycles. The van der Waals surface area contributed by atoms with Crippen LogP contribution in [0.4, 0.5) is 5.69 Å². The Kier molecular flexibility index (Phi) is 4.27. The van der Waals surface area contributed by atoms with Crippen LogP contribution in [0, 0.1) is 17.0 Å². The molecule has 0 aliphatic heterocycles. The number of nitrogens with two attached hydrogens (primary N) is 1. The van der Waals surface area contributed by atoms with Gasteiger partial charge < -0.3 is 0 Å². The Balaban J connectivity index is 2.75. The minimum Gasteiger partial charge on any atom is -0.294 e. The van der Waals surface area contributed by atoms with Crippen molar-refractivity contribution in [3.05, 3.63) is 33.9 Å². The van der Waals surface area contributed by atoms with Gasteiger partial charge in [-0.2, -0.15) is 0 Å². The fourth-order valence-corrected chi connectivity index (χ4v) is 1.91. The third kappa shape index (κ3) is 3.21. The first-order chi connectivity index (χ1) is 7.54. The van der Waals surface area contributed by atoms with E-state index in [1.807, 2.05) is 5.43 Å². The van der Waals surface area contributed by atoms with Crippen LogP contribution in [0.2, 0.25) is 0 Å². The first-order valence-electron chi connectivity index (χ1n) is 4.42. The molecular weight excluding hydrogens is 230 g/mol. The molecule has 0 aromatic heterocycles. The second-order valence-corrected chi connectivity index (χ2v) is 4.08. The molecule has 16 heavy (non-hydrogen) atoms. The molecule has 3 N–H and O–H groups in total. The van der Waals surface area contributed by atoms with E-state index < -0.39 is 4.92 Å². The number of nitro benzene ring substituents is 1. The number of rotatable bonds is 4. The van der Waals surface area contributed by atoms with E-state index in [-0.39, 0.29) is 17.3 Å². The largest absolute Gasteiger partial charge is 0.294 e. The summed E-state index contributed by atoms with van der Waals surface area (Å²) < 4.78 is 0. The van der Waals surface area contributed by atoms with Gasteiger partial charge in [-0.3, -0.25) is 20.3 Å². The summed E-state index contributed by atoms with van der Waals surface area (Å²) in [6.07, 6.45) is 0. The number of carbonyl (C=O) groups excluding carboxylic acids is 1. The van der Waals surface area contributed by atoms with Crippen molar-refractivity contribution in [2.75, 3.05) is 5.75 Å². The molecule has 0 heterocycles. The Morgan fingerprint density at radius 1 is 1.62 bits per heavy atom. The quantitative estimate of drug-likeness (QED) is 0.269. The van der Waals surface area contributed by atoms with E-state index in [0.717, 1.165) is 10.5 Å². The van der Waals surface area contributed by atoms with E-state index in [2.05, 4.69) is 0 Å². The summed E-state index contributed by atoms with van der Waals surface area (Å²) in [6, 6.07) is 4.51. The van der Waals surface area contributed by atoms with E-state index in [1.54, 1.807) is 13.0 Å². The predicted molar refractivity (Wildman–Crippen MR) is 60.9 cm³/mol. The van der Waals surface area contributed by atoms with Crippen molar-refractivity contribution in [3.63, 3.8) is 0 Å². The number of carbonyl (C=O) groups is 1. The van der Waals surface area contributed by atoms with Crippen LogP contribution in [0.25, 0.3) is 0 Å². The summed E-state index contributed by atoms with van der Waals surface area (Å²) in [7, 11) is 0. The van der Waals surface area contributed by atoms with Gasteiger partial charge in [0.05, 0.1) is 10.7 Å². The number of hydrazine groups is 1. The molecule has 0 unspecified atom stereocenters. The lowest BCUT2D eigenvalue weighted by Gasteiger charge is -2.04. The molecule has 0 radical (unpaired) electrons. The molecule has 1 aromatic rings. The minimum absolute atomic E-state index is 0.0464. The number of hydrogen-bond acceptors (Lipinski definition) is 5. The Bertz CT molecular complexity index is 422. The van der Waals surface area contributed by atoms with Crippen molar-refractivity contribution >= 4 is 23.4 Å². The Labute approximate surface area is 96.3 Å². The number of nitrogens with one attached hydrogen (secondary N) is 1. The number of nitro groups is 1. The fourth-order valence-electron chi connectivity index (χ4n) is 1.09. The predicted octanol–water partition coefficient (Wildman–Crippen LogP) is 0.985. The molecule has 0 fully saturated rings. The highest BCUT2D eigenvalue weighted by Crippen LogP contribution is 2.25. The second-order valence-electron chi connectivity index (χ2n) is 3.06. The van der Waals surface area contributed by atoms with Gasteiger partial charge in [-0.1, -0.05) is 0 Å². The normalized spacial score (nSPS) is 9.88. The molecule has 1 amide bonds. The summed E-state index contributed by atoms with van der Waals surface area (Å²) in [6.45, 7) is 1.76. The molecule has 0 aliphatic carbocycles. The van der Waals surface area contributed by atoms with Crippen LogP contribution in [0.15, 0.2) is 23.1 Å². The Hall–Kier alpha value is -1.60. The van der Waals surface area contributed by atoms with E-state index in [0.29, 0.717) is 0 Å². The van der Waals surface area contributed by atoms with Gasteiger partial charge in [0, 0.05) is 17.0 Å². The van der Waals surface area contributed by atoms with Crippen molar-refractivity contribution < 1.29 is 9.72 Å². The van der Waals surface area contributed by atoms with Crippen LogP contribution < -0.4 is 11.3 Å². The molecule has 0 bridgehead atoms. The number of amides is 1. The Morgan fingerprint density at radius 3 is 2.81 bits per heavy atom. The summed E-state index contributed by atoms with van der Waals surface area (Å²) in [5, 5.41) is 10.5. The minimum atomic E-state index is -0.450. The maximum Gasteiger partial charge on any atom is 0.269 e. The first-order valence-corrected chi connectivity index (χ1v) is 5.40. The number of hydrogen-bond donors (Lipinski definition) is 2. The number of non-ortho nitro benzene ring substituents is 1. The van der Waals surface area contributed by atoms with Crippen molar-refractivity contribution in [2.24, 2.45) is 5.84 Å². The van der Waals surface area contributed by atoms with E-state index in [1.165, 1.54) is 23.9 Å². The lowest BCUT2D eigenvalue weighted by Crippen LogP contribution is -2.31. The van der Waals surface area contributed by atoms with Crippen molar-refractivity contribution in [1.82, 2.24) is 5.43 Å². The number of nitrogens with zero attached hydrogens (tertiary/aromatic N) is 1. The van der Waals surface area contributed by atoms with Gasteiger partial charge in [0.25, 0.3) is 5.69 Å². The fraction of sp³-hybridized carbons (Fsp3) is 0.222. The van der Waals surface area contributed by atoms with Crippen LogP contribution >= 0.6 is 11.8 Å². The molecule has 6 nitrogen and oxygen atoms in total. The summed E-state index contributed by atoms with van der Waals surface area (Å²) in [4.78, 5) is 21.8. The maximum atomic E-state index is 10.9. The molecular formula is C9H11N3O3S. The number of benzene rings is 1. The van der Waals surface area contributed by atoms with Gasteiger partial charge in [-0.15, -0.1) is 11.8 Å². The van der Waals surface area contributed by atoms with Crippen LogP contribution in [0.1, 0.15) is 5.56 Å². The number of thioether (sulfide) groups is 1. The lowest BCUT2D eigenvalue weighted by molar-refractivity contribution is -0.385. The van der Waals surface area contributed by atoms with E-state index in [9.17, 15) is 14.9 Å². The molecule has 7 heteroatoms. The molecule has 0 aliphatic rings. The van der Waals surface area contributed by atoms with Crippen LogP contribution in [0.5, 0.6) is 0 Å². The monoisotopic (exact) mass is 241 g/mol. The summed E-state index contributed by atoms with van der Waals surface area (Å²) in [5.41, 5.74) is 2.83. The lowest BCUT2D eigenvalue weighted by atomic mass is 10.2. The second kappa shape index (κ2) is 5.47. The molecule has 0 saturated carbocycles. The average Bonchev–Trinajstić information content (AvgIpc) is 2.26. The van der Waals surface area contributed by atoms with Crippen molar-refractivity contribution in [2.45, 2.75) is 11.8 Å². The van der Waals surface area contributed by atoms with Crippen LogP contribution in [-0.4, -0.2) is 16.6 Å². The molecule has 86 valence electrons. The Morgan fingerprint density at radius 2 is 2.31 bits per heavy atom. The SMILES string of the molecule is Cc1cc([N+](=O)[O-])ccc1SCC(=O)NN. The van der Waals surface area contributed by atoms with Gasteiger partial charge in [-0.25, -0.2) is 5.84 Å². The zero-order valence-electron chi connectivity index (χ0n) is 8.60. The highest BCUT2D eigenvalue weighted by atomic mass is 32.2. The molecule has 0 spiro atoms. The zero-order valence-corrected chi connectivity index (χ0v) is 9.41. The van der Waals surface area contributed by atoms with Gasteiger partial charge >= 0.3 is 0 Å². The van der Waals surface area contributed by atoms with Crippen LogP contribution in [0.3, 0.4) is 0 Å². The van der Waals surface area contributed by atoms with Gasteiger partial charge in [0.2, 0.25) is 5.91 Å².